The summed E-state index contributed by atoms with van der Waals surface area (Å²) < 4.78 is 15.9. The van der Waals surface area contributed by atoms with Crippen molar-refractivity contribution in [3.63, 3.8) is 0 Å². The Morgan fingerprint density at radius 2 is 2.11 bits per heavy atom. The zero-order valence-corrected chi connectivity index (χ0v) is 14.4. The van der Waals surface area contributed by atoms with Gasteiger partial charge in [-0.05, 0) is 30.7 Å². The summed E-state index contributed by atoms with van der Waals surface area (Å²) >= 11 is 0. The number of pyridine rings is 2. The monoisotopic (exact) mass is 366 g/mol. The molecule has 136 valence electrons. The number of rotatable bonds is 4. The Morgan fingerprint density at radius 3 is 2.85 bits per heavy atom. The first-order valence-corrected chi connectivity index (χ1v) is 8.34. The summed E-state index contributed by atoms with van der Waals surface area (Å²) in [7, 11) is 0. The van der Waals surface area contributed by atoms with E-state index in [-0.39, 0.29) is 17.9 Å². The molecule has 0 unspecified atom stereocenters. The minimum atomic E-state index is -0.501. The van der Waals surface area contributed by atoms with Gasteiger partial charge in [0.2, 0.25) is 5.91 Å². The predicted octanol–water partition coefficient (Wildman–Crippen LogP) is 1.78. The highest BCUT2D eigenvalue weighted by atomic mass is 19.1. The normalized spacial score (nSPS) is 11.2. The van der Waals surface area contributed by atoms with E-state index >= 15 is 0 Å². The molecule has 27 heavy (non-hydrogen) atoms. The van der Waals surface area contributed by atoms with E-state index in [1.165, 1.54) is 16.7 Å². The highest BCUT2D eigenvalue weighted by Gasteiger charge is 2.16. The largest absolute Gasteiger partial charge is 0.309 e. The van der Waals surface area contributed by atoms with Crippen molar-refractivity contribution < 1.29 is 9.18 Å². The molecule has 9 heteroatoms. The van der Waals surface area contributed by atoms with Crippen molar-refractivity contribution in [2.45, 2.75) is 19.9 Å². The fourth-order valence-corrected chi connectivity index (χ4v) is 2.85. The number of halogens is 1. The van der Waals surface area contributed by atoms with E-state index < -0.39 is 11.7 Å². The zero-order chi connectivity index (χ0) is 19.0. The van der Waals surface area contributed by atoms with Gasteiger partial charge in [0.15, 0.2) is 5.65 Å². The van der Waals surface area contributed by atoms with Crippen LogP contribution in [0.3, 0.4) is 0 Å². The third-order valence-corrected chi connectivity index (χ3v) is 4.14. The van der Waals surface area contributed by atoms with Gasteiger partial charge in [0.1, 0.15) is 23.8 Å². The van der Waals surface area contributed by atoms with Gasteiger partial charge in [0.05, 0.1) is 17.3 Å². The van der Waals surface area contributed by atoms with E-state index in [0.717, 1.165) is 11.9 Å². The first-order chi connectivity index (χ1) is 13.1. The molecular formula is C18H15FN6O2. The molecule has 0 aliphatic heterocycles. The Bertz CT molecular complexity index is 1210. The first-order valence-electron chi connectivity index (χ1n) is 8.34. The molecule has 0 radical (unpaired) electrons. The molecule has 1 N–H and O–H groups in total. The standard InChI is InChI=1S/C18H15FN6O2/c1-2-12-8-16-24(10-15(26)22-14-6-5-11(19)9-21-14)18(27)13-4-3-7-20-17(13)25(16)23-12/h3-9H,2,10H2,1H3,(H,21,22,26). The Labute approximate surface area is 152 Å². The number of aryl methyl sites for hydroxylation is 1. The van der Waals surface area contributed by atoms with Crippen LogP contribution >= 0.6 is 0 Å². The minimum absolute atomic E-state index is 0.204. The van der Waals surface area contributed by atoms with Crippen LogP contribution in [-0.4, -0.2) is 30.1 Å². The molecule has 0 atom stereocenters. The van der Waals surface area contributed by atoms with Gasteiger partial charge in [-0.15, -0.1) is 0 Å². The molecule has 0 fully saturated rings. The number of nitrogens with one attached hydrogen (secondary N) is 1. The second-order valence-corrected chi connectivity index (χ2v) is 5.93. The number of carbonyl (C=O) groups excluding carboxylic acids is 1. The Morgan fingerprint density at radius 1 is 1.26 bits per heavy atom. The predicted molar refractivity (Wildman–Crippen MR) is 97.0 cm³/mol. The van der Waals surface area contributed by atoms with Crippen molar-refractivity contribution >= 4 is 28.4 Å². The molecule has 0 bridgehead atoms. The molecule has 0 aromatic carbocycles. The summed E-state index contributed by atoms with van der Waals surface area (Å²) in [5, 5.41) is 7.39. The topological polar surface area (TPSA) is 94.2 Å². The Balaban J connectivity index is 1.78. The van der Waals surface area contributed by atoms with E-state index in [1.54, 1.807) is 28.9 Å². The van der Waals surface area contributed by atoms with E-state index in [1.807, 2.05) is 6.92 Å². The lowest BCUT2D eigenvalue weighted by molar-refractivity contribution is -0.116. The average Bonchev–Trinajstić information content (AvgIpc) is 3.11. The Hall–Kier alpha value is -3.62. The van der Waals surface area contributed by atoms with Crippen molar-refractivity contribution in [1.82, 2.24) is 24.1 Å². The summed E-state index contributed by atoms with van der Waals surface area (Å²) in [5.41, 5.74) is 1.36. The van der Waals surface area contributed by atoms with E-state index in [4.69, 9.17) is 0 Å². The van der Waals surface area contributed by atoms with E-state index in [0.29, 0.717) is 23.1 Å². The zero-order valence-electron chi connectivity index (χ0n) is 14.4. The molecule has 0 aliphatic rings. The SMILES string of the molecule is CCc1cc2n(CC(=O)Nc3ccc(F)cn3)c(=O)c3cccnc3n2n1. The van der Waals surface area contributed by atoms with Crippen LogP contribution in [0.5, 0.6) is 0 Å². The van der Waals surface area contributed by atoms with Crippen molar-refractivity contribution in [3.8, 4) is 0 Å². The number of hydrogen-bond donors (Lipinski definition) is 1. The number of anilines is 1. The summed E-state index contributed by atoms with van der Waals surface area (Å²) in [4.78, 5) is 33.4. The fourth-order valence-electron chi connectivity index (χ4n) is 2.85. The lowest BCUT2D eigenvalue weighted by atomic mass is 10.3. The fraction of sp³-hybridized carbons (Fsp3) is 0.167. The van der Waals surface area contributed by atoms with Crippen molar-refractivity contribution in [3.05, 3.63) is 64.6 Å². The molecule has 8 nitrogen and oxygen atoms in total. The first kappa shape index (κ1) is 16.8. The van der Waals surface area contributed by atoms with Crippen molar-refractivity contribution in [2.75, 3.05) is 5.32 Å². The van der Waals surface area contributed by atoms with Crippen molar-refractivity contribution in [1.29, 1.82) is 0 Å². The van der Waals surface area contributed by atoms with Crippen LogP contribution in [0.4, 0.5) is 10.2 Å². The molecule has 0 saturated heterocycles. The van der Waals surface area contributed by atoms with Gasteiger partial charge in [-0.25, -0.2) is 14.4 Å². The van der Waals surface area contributed by atoms with Gasteiger partial charge in [-0.1, -0.05) is 6.92 Å². The number of nitrogens with zero attached hydrogens (tertiary/aromatic N) is 5. The van der Waals surface area contributed by atoms with Gasteiger partial charge in [-0.3, -0.25) is 14.2 Å². The molecule has 1 amide bonds. The van der Waals surface area contributed by atoms with Crippen molar-refractivity contribution in [2.24, 2.45) is 0 Å². The van der Waals surface area contributed by atoms with Gasteiger partial charge < -0.3 is 5.32 Å². The number of fused-ring (bicyclic) bond motifs is 3. The van der Waals surface area contributed by atoms with Crippen LogP contribution in [0, 0.1) is 5.82 Å². The smallest absolute Gasteiger partial charge is 0.263 e. The molecule has 4 rings (SSSR count). The van der Waals surface area contributed by atoms with E-state index in [9.17, 15) is 14.0 Å². The van der Waals surface area contributed by atoms with Gasteiger partial charge in [0.25, 0.3) is 5.56 Å². The van der Waals surface area contributed by atoms with Crippen LogP contribution in [0.2, 0.25) is 0 Å². The molecule has 4 aromatic heterocycles. The maximum atomic E-state index is 12.9. The van der Waals surface area contributed by atoms with Crippen LogP contribution in [0.25, 0.3) is 16.7 Å². The summed E-state index contributed by atoms with van der Waals surface area (Å²) in [5.74, 6) is -0.754. The summed E-state index contributed by atoms with van der Waals surface area (Å²) in [6.07, 6.45) is 3.27. The molecule has 0 aliphatic carbocycles. The lowest BCUT2D eigenvalue weighted by Crippen LogP contribution is -2.29. The lowest BCUT2D eigenvalue weighted by Gasteiger charge is -2.10. The summed E-state index contributed by atoms with van der Waals surface area (Å²) in [6, 6.07) is 7.61. The van der Waals surface area contributed by atoms with Crippen LogP contribution in [-0.2, 0) is 17.8 Å². The van der Waals surface area contributed by atoms with Gasteiger partial charge in [-0.2, -0.15) is 9.61 Å². The molecule has 4 heterocycles. The van der Waals surface area contributed by atoms with Crippen LogP contribution in [0.1, 0.15) is 12.6 Å². The quantitative estimate of drug-likeness (QED) is 0.594. The molecule has 0 saturated carbocycles. The minimum Gasteiger partial charge on any atom is -0.309 e. The number of amides is 1. The number of carbonyl (C=O) groups is 1. The molecule has 4 aromatic rings. The number of aromatic nitrogens is 5. The molecular weight excluding hydrogens is 351 g/mol. The third kappa shape index (κ3) is 3.03. The average molecular weight is 366 g/mol. The second-order valence-electron chi connectivity index (χ2n) is 5.93. The van der Waals surface area contributed by atoms with Gasteiger partial charge >= 0.3 is 0 Å². The highest BCUT2D eigenvalue weighted by Crippen LogP contribution is 2.13. The Kier molecular flexibility index (Phi) is 4.11. The van der Waals surface area contributed by atoms with Crippen LogP contribution < -0.4 is 10.9 Å². The van der Waals surface area contributed by atoms with Crippen LogP contribution in [0.15, 0.2) is 47.5 Å². The summed E-state index contributed by atoms with van der Waals surface area (Å²) in [6.45, 7) is 1.72. The van der Waals surface area contributed by atoms with Gasteiger partial charge in [0, 0.05) is 12.3 Å². The second kappa shape index (κ2) is 6.60. The maximum Gasteiger partial charge on any atom is 0.263 e. The maximum absolute atomic E-state index is 12.9. The molecule has 0 spiro atoms. The third-order valence-electron chi connectivity index (χ3n) is 4.14. The number of hydrogen-bond acceptors (Lipinski definition) is 5. The highest BCUT2D eigenvalue weighted by molar-refractivity contribution is 5.90. The van der Waals surface area contributed by atoms with E-state index in [2.05, 4.69) is 20.4 Å².